The largest absolute Gasteiger partial charge is 0.444 e. The number of carbonyl (C=O) groups is 1. The van der Waals surface area contributed by atoms with Crippen molar-refractivity contribution >= 4 is 17.5 Å². The second kappa shape index (κ2) is 9.33. The van der Waals surface area contributed by atoms with Gasteiger partial charge in [-0.25, -0.2) is 9.79 Å². The molecular weight excluding hydrogens is 432 g/mol. The van der Waals surface area contributed by atoms with Gasteiger partial charge in [-0.1, -0.05) is 66.7 Å². The van der Waals surface area contributed by atoms with Crippen LogP contribution in [0.5, 0.6) is 0 Å². The molecule has 5 rings (SSSR count). The zero-order chi connectivity index (χ0) is 24.5. The highest BCUT2D eigenvalue weighted by atomic mass is 16.6. The summed E-state index contributed by atoms with van der Waals surface area (Å²) >= 11 is 0. The number of ether oxygens (including phenoxy) is 1. The molecule has 2 aliphatic rings. The van der Waals surface area contributed by atoms with Gasteiger partial charge in [-0.15, -0.1) is 0 Å². The standard InChI is InChI=1S/C31H34N2O2/c1-30(2,3)35-29(34)33-20-18-31(19-21-33)17-16-25-22-26(14-15-27(25)31)32-28(23-10-6-4-7-11-23)24-12-8-5-9-13-24/h4-15,22H,16-21H2,1-3H3. The van der Waals surface area contributed by atoms with Gasteiger partial charge in [-0.05, 0) is 75.1 Å². The highest BCUT2D eigenvalue weighted by Gasteiger charge is 2.42. The fourth-order valence-corrected chi connectivity index (χ4v) is 5.46. The van der Waals surface area contributed by atoms with Gasteiger partial charge in [0.15, 0.2) is 0 Å². The molecule has 1 saturated heterocycles. The number of benzene rings is 3. The van der Waals surface area contributed by atoms with Crippen molar-refractivity contribution in [2.45, 2.75) is 57.5 Å². The molecule has 4 heteroatoms. The summed E-state index contributed by atoms with van der Waals surface area (Å²) in [6, 6.07) is 27.5. The van der Waals surface area contributed by atoms with Gasteiger partial charge in [0, 0.05) is 24.2 Å². The number of aliphatic imine (C=N–C) groups is 1. The second-order valence-corrected chi connectivity index (χ2v) is 10.8. The van der Waals surface area contributed by atoms with Gasteiger partial charge in [0.1, 0.15) is 5.60 Å². The van der Waals surface area contributed by atoms with E-state index in [4.69, 9.17) is 9.73 Å². The highest BCUT2D eigenvalue weighted by molar-refractivity contribution is 6.13. The van der Waals surface area contributed by atoms with E-state index in [1.54, 1.807) is 0 Å². The van der Waals surface area contributed by atoms with Crippen LogP contribution in [0.4, 0.5) is 10.5 Å². The van der Waals surface area contributed by atoms with Gasteiger partial charge < -0.3 is 9.64 Å². The minimum absolute atomic E-state index is 0.164. The Labute approximate surface area is 208 Å². The summed E-state index contributed by atoms with van der Waals surface area (Å²) in [4.78, 5) is 19.5. The van der Waals surface area contributed by atoms with E-state index in [2.05, 4.69) is 66.7 Å². The highest BCUT2D eigenvalue weighted by Crippen LogP contribution is 2.47. The lowest BCUT2D eigenvalue weighted by Gasteiger charge is -2.40. The first-order valence-corrected chi connectivity index (χ1v) is 12.6. The number of aryl methyl sites for hydroxylation is 1. The number of nitrogens with zero attached hydrogens (tertiary/aromatic N) is 2. The molecule has 1 aliphatic carbocycles. The number of amides is 1. The Morgan fingerprint density at radius 1 is 0.857 bits per heavy atom. The summed E-state index contributed by atoms with van der Waals surface area (Å²) < 4.78 is 5.60. The quantitative estimate of drug-likeness (QED) is 0.387. The van der Waals surface area contributed by atoms with E-state index in [-0.39, 0.29) is 11.5 Å². The lowest BCUT2D eigenvalue weighted by Crippen LogP contribution is -2.46. The number of hydrogen-bond acceptors (Lipinski definition) is 3. The molecule has 180 valence electrons. The van der Waals surface area contributed by atoms with Crippen molar-refractivity contribution in [3.05, 3.63) is 101 Å². The molecule has 0 radical (unpaired) electrons. The Kier molecular flexibility index (Phi) is 6.22. The molecule has 1 fully saturated rings. The lowest BCUT2D eigenvalue weighted by atomic mass is 9.74. The third kappa shape index (κ3) is 5.02. The van der Waals surface area contributed by atoms with Gasteiger partial charge in [-0.3, -0.25) is 0 Å². The Bertz CT molecular complexity index is 1180. The van der Waals surface area contributed by atoms with Crippen LogP contribution in [0.1, 0.15) is 62.3 Å². The molecule has 1 spiro atoms. The predicted octanol–water partition coefficient (Wildman–Crippen LogP) is 7.07. The van der Waals surface area contributed by atoms with Crippen LogP contribution in [0.15, 0.2) is 83.9 Å². The molecule has 3 aromatic carbocycles. The first kappa shape index (κ1) is 23.3. The van der Waals surface area contributed by atoms with Crippen LogP contribution in [-0.4, -0.2) is 35.4 Å². The second-order valence-electron chi connectivity index (χ2n) is 10.8. The van der Waals surface area contributed by atoms with Crippen molar-refractivity contribution in [1.29, 1.82) is 0 Å². The number of hydrogen-bond donors (Lipinski definition) is 0. The van der Waals surface area contributed by atoms with Gasteiger partial charge in [0.2, 0.25) is 0 Å². The minimum Gasteiger partial charge on any atom is -0.444 e. The van der Waals surface area contributed by atoms with Crippen LogP contribution in [0.2, 0.25) is 0 Å². The molecule has 4 nitrogen and oxygen atoms in total. The molecule has 3 aromatic rings. The fourth-order valence-electron chi connectivity index (χ4n) is 5.46. The number of fused-ring (bicyclic) bond motifs is 2. The summed E-state index contributed by atoms with van der Waals surface area (Å²) in [5.41, 5.74) is 6.77. The summed E-state index contributed by atoms with van der Waals surface area (Å²) in [6.07, 6.45) is 3.99. The average molecular weight is 467 g/mol. The maximum Gasteiger partial charge on any atom is 0.410 e. The SMILES string of the molecule is CC(C)(C)OC(=O)N1CCC2(CCc3cc(N=C(c4ccccc4)c4ccccc4)ccc32)CC1. The molecule has 0 saturated carbocycles. The molecule has 0 unspecified atom stereocenters. The monoisotopic (exact) mass is 466 g/mol. The van der Waals surface area contributed by atoms with Crippen LogP contribution >= 0.6 is 0 Å². The minimum atomic E-state index is -0.457. The third-order valence-electron chi connectivity index (χ3n) is 7.24. The maximum absolute atomic E-state index is 12.5. The Morgan fingerprint density at radius 3 is 2.03 bits per heavy atom. The van der Waals surface area contributed by atoms with E-state index in [0.29, 0.717) is 0 Å². The average Bonchev–Trinajstić information content (AvgIpc) is 3.20. The van der Waals surface area contributed by atoms with Crippen LogP contribution in [0, 0.1) is 0 Å². The first-order valence-electron chi connectivity index (χ1n) is 12.6. The smallest absolute Gasteiger partial charge is 0.410 e. The number of carbonyl (C=O) groups excluding carboxylic acids is 1. The normalized spacial score (nSPS) is 16.6. The van der Waals surface area contributed by atoms with Crippen LogP contribution in [0.3, 0.4) is 0 Å². The van der Waals surface area contributed by atoms with Crippen molar-refractivity contribution in [1.82, 2.24) is 4.90 Å². The lowest BCUT2D eigenvalue weighted by molar-refractivity contribution is 0.0164. The zero-order valence-corrected chi connectivity index (χ0v) is 21.0. The topological polar surface area (TPSA) is 41.9 Å². The number of piperidine rings is 1. The Morgan fingerprint density at radius 2 is 1.46 bits per heavy atom. The fraction of sp³-hybridized carbons (Fsp3) is 0.355. The summed E-state index contributed by atoms with van der Waals surface area (Å²) in [5, 5.41) is 0. The molecule has 1 heterocycles. The molecule has 0 aromatic heterocycles. The number of rotatable bonds is 3. The zero-order valence-electron chi connectivity index (χ0n) is 21.0. The summed E-state index contributed by atoms with van der Waals surface area (Å²) in [6.45, 7) is 7.26. The first-order chi connectivity index (χ1) is 16.8. The van der Waals surface area contributed by atoms with Crippen LogP contribution in [-0.2, 0) is 16.6 Å². The van der Waals surface area contributed by atoms with Crippen LogP contribution in [0.25, 0.3) is 0 Å². The van der Waals surface area contributed by atoms with Crippen molar-refractivity contribution in [2.75, 3.05) is 13.1 Å². The molecule has 0 bridgehead atoms. The van der Waals surface area contributed by atoms with E-state index < -0.39 is 5.60 Å². The third-order valence-corrected chi connectivity index (χ3v) is 7.24. The van der Waals surface area contributed by atoms with Crippen LogP contribution < -0.4 is 0 Å². The Hall–Kier alpha value is -3.40. The van der Waals surface area contributed by atoms with Gasteiger partial charge in [0.25, 0.3) is 0 Å². The summed E-state index contributed by atoms with van der Waals surface area (Å²) in [5.74, 6) is 0. The maximum atomic E-state index is 12.5. The van der Waals surface area contributed by atoms with E-state index in [1.807, 2.05) is 37.8 Å². The predicted molar refractivity (Wildman–Crippen MR) is 142 cm³/mol. The van der Waals surface area contributed by atoms with Crippen molar-refractivity contribution < 1.29 is 9.53 Å². The van der Waals surface area contributed by atoms with Crippen molar-refractivity contribution in [3.8, 4) is 0 Å². The summed E-state index contributed by atoms with van der Waals surface area (Å²) in [7, 11) is 0. The molecule has 1 amide bonds. The molecule has 1 aliphatic heterocycles. The molecule has 0 N–H and O–H groups in total. The Balaban J connectivity index is 1.38. The molecule has 0 atom stereocenters. The molecular formula is C31H34N2O2. The van der Waals surface area contributed by atoms with Gasteiger partial charge in [-0.2, -0.15) is 0 Å². The number of likely N-dealkylation sites (tertiary alicyclic amines) is 1. The van der Waals surface area contributed by atoms with Crippen molar-refractivity contribution in [3.63, 3.8) is 0 Å². The van der Waals surface area contributed by atoms with E-state index >= 15 is 0 Å². The van der Waals surface area contributed by atoms with Crippen molar-refractivity contribution in [2.24, 2.45) is 4.99 Å². The van der Waals surface area contributed by atoms with E-state index in [9.17, 15) is 4.79 Å². The van der Waals surface area contributed by atoms with Gasteiger partial charge in [0.05, 0.1) is 11.4 Å². The van der Waals surface area contributed by atoms with Gasteiger partial charge >= 0.3 is 6.09 Å². The van der Waals surface area contributed by atoms with E-state index in [1.165, 1.54) is 11.1 Å². The molecule has 35 heavy (non-hydrogen) atoms. The van der Waals surface area contributed by atoms with E-state index in [0.717, 1.165) is 61.3 Å².